The second kappa shape index (κ2) is 13.9. The van der Waals surface area contributed by atoms with Gasteiger partial charge in [0, 0.05) is 71.7 Å². The summed E-state index contributed by atoms with van der Waals surface area (Å²) in [6, 6.07) is 3.60. The van der Waals surface area contributed by atoms with Gasteiger partial charge in [0.05, 0.1) is 47.0 Å². The first-order chi connectivity index (χ1) is 23.7. The van der Waals surface area contributed by atoms with E-state index in [1.54, 1.807) is 28.1 Å². The molecule has 2 amide bonds. The number of nitrogens with zero attached hydrogens (tertiary/aromatic N) is 5. The molecular weight excluding hydrogens is 674 g/mol. The van der Waals surface area contributed by atoms with Crippen molar-refractivity contribution < 1.29 is 35.9 Å². The third-order valence-corrected chi connectivity index (χ3v) is 11.5. The van der Waals surface area contributed by atoms with Crippen LogP contribution in [-0.4, -0.2) is 115 Å². The molecule has 3 aliphatic heterocycles. The molecule has 2 aromatic carbocycles. The third-order valence-electron chi connectivity index (χ3n) is 9.97. The molecule has 13 nitrogen and oxygen atoms in total. The van der Waals surface area contributed by atoms with E-state index in [0.29, 0.717) is 49.4 Å². The molecule has 4 heterocycles. The van der Waals surface area contributed by atoms with E-state index in [2.05, 4.69) is 9.80 Å². The summed E-state index contributed by atoms with van der Waals surface area (Å²) in [5, 5.41) is 0.191. The number of likely N-dealkylation sites (N-methyl/N-ethyl adjacent to an activating group) is 1. The molecule has 2 saturated heterocycles. The summed E-state index contributed by atoms with van der Waals surface area (Å²) < 4.78 is 71.3. The number of amides is 2. The Balaban J connectivity index is 1.28. The number of methoxy groups -OCH3 is 1. The van der Waals surface area contributed by atoms with Crippen LogP contribution in [0, 0.1) is 18.6 Å². The van der Waals surface area contributed by atoms with Crippen LogP contribution in [0.2, 0.25) is 0 Å². The van der Waals surface area contributed by atoms with E-state index in [9.17, 15) is 22.8 Å². The van der Waals surface area contributed by atoms with Crippen molar-refractivity contribution in [2.24, 2.45) is 0 Å². The van der Waals surface area contributed by atoms with Gasteiger partial charge in [-0.3, -0.25) is 14.5 Å². The second-order valence-electron chi connectivity index (χ2n) is 13.4. The highest BCUT2D eigenvalue weighted by Crippen LogP contribution is 2.36. The average molecular weight is 717 g/mol. The van der Waals surface area contributed by atoms with Crippen LogP contribution >= 0.6 is 0 Å². The number of halogens is 2. The number of benzene rings is 2. The smallest absolute Gasteiger partial charge is 0.341 e. The zero-order chi connectivity index (χ0) is 36.1. The molecule has 0 spiro atoms. The molecule has 0 bridgehead atoms. The maximum Gasteiger partial charge on any atom is 0.341 e. The van der Waals surface area contributed by atoms with Crippen LogP contribution in [0.15, 0.2) is 27.4 Å². The van der Waals surface area contributed by atoms with Crippen molar-refractivity contribution in [1.29, 1.82) is 0 Å². The number of piperazine rings is 1. The minimum absolute atomic E-state index is 0.0643. The van der Waals surface area contributed by atoms with Gasteiger partial charge in [-0.1, -0.05) is 0 Å². The summed E-state index contributed by atoms with van der Waals surface area (Å²) in [5.41, 5.74) is 0.769. The van der Waals surface area contributed by atoms with Crippen LogP contribution in [0.3, 0.4) is 0 Å². The normalized spacial score (nSPS) is 18.8. The number of rotatable bonds is 8. The largest absolute Gasteiger partial charge is 0.422 e. The number of aryl methyl sites for hydroxylation is 1. The summed E-state index contributed by atoms with van der Waals surface area (Å²) in [4.78, 5) is 47.2. The van der Waals surface area contributed by atoms with E-state index >= 15 is 8.78 Å². The fraction of sp³-hybridized carbons (Fsp3) is 0.500. The predicted molar refractivity (Wildman–Crippen MR) is 184 cm³/mol. The molecule has 270 valence electrons. The number of hydrogen-bond donors (Lipinski definition) is 1. The Morgan fingerprint density at radius 2 is 1.74 bits per heavy atom. The summed E-state index contributed by atoms with van der Waals surface area (Å²) >= 11 is 0. The van der Waals surface area contributed by atoms with Crippen LogP contribution in [-0.2, 0) is 27.9 Å². The molecule has 6 rings (SSSR count). The number of carbonyl (C=O) groups is 2. The average Bonchev–Trinajstić information content (AvgIpc) is 3.63. The second-order valence-corrected chi connectivity index (χ2v) is 15.0. The summed E-state index contributed by atoms with van der Waals surface area (Å²) in [6.07, 6.45) is 1.47. The first-order valence-corrected chi connectivity index (χ1v) is 18.0. The van der Waals surface area contributed by atoms with Gasteiger partial charge >= 0.3 is 15.8 Å². The highest BCUT2D eigenvalue weighted by molar-refractivity contribution is 7.87. The molecule has 0 saturated carbocycles. The Bertz CT molecular complexity index is 2020. The Hall–Kier alpha value is -4.12. The quantitative estimate of drug-likeness (QED) is 0.347. The molecule has 16 heteroatoms. The maximum atomic E-state index is 16.0. The van der Waals surface area contributed by atoms with Crippen molar-refractivity contribution in [2.75, 3.05) is 83.9 Å². The van der Waals surface area contributed by atoms with Crippen LogP contribution in [0.1, 0.15) is 50.2 Å². The molecule has 3 aromatic rings. The van der Waals surface area contributed by atoms with Crippen LogP contribution in [0.4, 0.5) is 20.2 Å². The fourth-order valence-corrected chi connectivity index (χ4v) is 8.37. The minimum atomic E-state index is -4.13. The molecule has 1 aromatic heterocycles. The number of anilines is 2. The molecule has 3 aliphatic rings. The van der Waals surface area contributed by atoms with Crippen molar-refractivity contribution in [2.45, 2.75) is 38.8 Å². The lowest BCUT2D eigenvalue weighted by Crippen LogP contribution is -2.53. The van der Waals surface area contributed by atoms with E-state index in [1.165, 1.54) is 21.9 Å². The van der Waals surface area contributed by atoms with Gasteiger partial charge in [-0.15, -0.1) is 0 Å². The Morgan fingerprint density at radius 3 is 2.42 bits per heavy atom. The van der Waals surface area contributed by atoms with Crippen LogP contribution < -0.4 is 20.1 Å². The SMILES string of the molecule is COC[C@H]1CN(c2cc(F)c3c4c(c(=O)oc3c2C)CN(C(=O)c2cc(N(C)C)c(C(=O)NS(=O)(=O)N3CCCC3)cc2F)CC4)CCN1C. The van der Waals surface area contributed by atoms with Gasteiger partial charge in [0.2, 0.25) is 0 Å². The monoisotopic (exact) mass is 716 g/mol. The Kier molecular flexibility index (Phi) is 9.92. The number of fused-ring (bicyclic) bond motifs is 3. The molecule has 0 aliphatic carbocycles. The molecule has 0 unspecified atom stereocenters. The van der Waals surface area contributed by atoms with E-state index < -0.39 is 39.3 Å². The number of carbonyl (C=O) groups excluding carboxylic acids is 2. The van der Waals surface area contributed by atoms with Gasteiger partial charge in [-0.25, -0.2) is 18.3 Å². The van der Waals surface area contributed by atoms with E-state index in [-0.39, 0.29) is 72.0 Å². The molecular formula is C34H42F2N6O7S. The predicted octanol–water partition coefficient (Wildman–Crippen LogP) is 2.48. The standard InChI is InChI=1S/C34H42F2N6O7S/c1-20-28(40-13-12-39(4)21(17-40)19-48-5)16-27(36)30-22-8-11-41(18-25(22)34(45)49-31(20)30)33(44)23-15-29(38(2)3)24(14-26(23)35)32(43)37-50(46,47)42-9-6-7-10-42/h14-16,21H,6-13,17-19H2,1-5H3,(H,37,43)/t21-/m1/s1. The topological polar surface area (TPSA) is 136 Å². The van der Waals surface area contributed by atoms with E-state index in [0.717, 1.165) is 16.9 Å². The van der Waals surface area contributed by atoms with Crippen molar-refractivity contribution in [3.05, 3.63) is 68.1 Å². The third kappa shape index (κ3) is 6.56. The zero-order valence-electron chi connectivity index (χ0n) is 28.8. The first-order valence-electron chi connectivity index (χ1n) is 16.6. The fourth-order valence-electron chi connectivity index (χ4n) is 7.15. The number of hydrogen-bond acceptors (Lipinski definition) is 10. The first kappa shape index (κ1) is 35.7. The summed E-state index contributed by atoms with van der Waals surface area (Å²) in [5.74, 6) is -3.35. The van der Waals surface area contributed by atoms with Gasteiger partial charge in [0.25, 0.3) is 11.8 Å². The van der Waals surface area contributed by atoms with Gasteiger partial charge in [0.15, 0.2) is 0 Å². The van der Waals surface area contributed by atoms with Crippen molar-refractivity contribution in [3.8, 4) is 0 Å². The van der Waals surface area contributed by atoms with Crippen LogP contribution in [0.5, 0.6) is 0 Å². The summed E-state index contributed by atoms with van der Waals surface area (Å²) in [6.45, 7) is 4.70. The Labute approximate surface area is 289 Å². The number of nitrogens with one attached hydrogen (secondary N) is 1. The maximum absolute atomic E-state index is 16.0. The van der Waals surface area contributed by atoms with Crippen molar-refractivity contribution >= 4 is 44.4 Å². The van der Waals surface area contributed by atoms with Gasteiger partial charge in [0.1, 0.15) is 17.2 Å². The lowest BCUT2D eigenvalue weighted by Gasteiger charge is -2.41. The van der Waals surface area contributed by atoms with Crippen molar-refractivity contribution in [3.63, 3.8) is 0 Å². The van der Waals surface area contributed by atoms with Gasteiger partial charge < -0.3 is 23.9 Å². The van der Waals surface area contributed by atoms with Crippen molar-refractivity contribution in [1.82, 2.24) is 18.8 Å². The lowest BCUT2D eigenvalue weighted by molar-refractivity contribution is 0.0727. The Morgan fingerprint density at radius 1 is 1.02 bits per heavy atom. The summed E-state index contributed by atoms with van der Waals surface area (Å²) in [7, 11) is 2.67. The van der Waals surface area contributed by atoms with E-state index in [1.807, 2.05) is 11.8 Å². The zero-order valence-corrected chi connectivity index (χ0v) is 29.7. The molecule has 1 atom stereocenters. The molecule has 2 fully saturated rings. The molecule has 50 heavy (non-hydrogen) atoms. The van der Waals surface area contributed by atoms with Gasteiger partial charge in [-0.2, -0.15) is 12.7 Å². The molecule has 1 N–H and O–H groups in total. The van der Waals surface area contributed by atoms with Crippen LogP contribution in [0.25, 0.3) is 11.0 Å². The number of ether oxygens (including phenoxy) is 1. The molecule has 0 radical (unpaired) electrons. The highest BCUT2D eigenvalue weighted by Gasteiger charge is 2.33. The minimum Gasteiger partial charge on any atom is -0.422 e. The van der Waals surface area contributed by atoms with Gasteiger partial charge in [-0.05, 0) is 57.0 Å². The van der Waals surface area contributed by atoms with E-state index in [4.69, 9.17) is 9.15 Å². The lowest BCUT2D eigenvalue weighted by atomic mass is 9.94. The highest BCUT2D eigenvalue weighted by atomic mass is 32.2.